The molecule has 0 saturated heterocycles. The van der Waals surface area contributed by atoms with Crippen molar-refractivity contribution in [3.8, 4) is 5.75 Å². The summed E-state index contributed by atoms with van der Waals surface area (Å²) in [5, 5.41) is 0.733. The van der Waals surface area contributed by atoms with Gasteiger partial charge < -0.3 is 0 Å². The van der Waals surface area contributed by atoms with E-state index in [1.807, 2.05) is 64.1 Å². The van der Waals surface area contributed by atoms with Gasteiger partial charge in [0.05, 0.1) is 0 Å². The fourth-order valence-electron chi connectivity index (χ4n) is 1.76. The Labute approximate surface area is 115 Å². The molecular weight excluding hydrogens is 255 g/mol. The third kappa shape index (κ3) is 3.21. The molecule has 2 aromatic rings. The molecule has 0 radical (unpaired) electrons. The largest absolute Gasteiger partial charge is 0.597 e. The van der Waals surface area contributed by atoms with Gasteiger partial charge in [0.2, 0.25) is 5.30 Å². The molecule has 0 aliphatic carbocycles. The lowest BCUT2D eigenvalue weighted by Gasteiger charge is -2.00. The average Bonchev–Trinajstić information content (AvgIpc) is 2.37. The van der Waals surface area contributed by atoms with Gasteiger partial charge in [-0.3, -0.25) is 4.52 Å². The quantitative estimate of drug-likeness (QED) is 0.776. The van der Waals surface area contributed by atoms with Crippen LogP contribution >= 0.6 is 8.03 Å². The van der Waals surface area contributed by atoms with Crippen LogP contribution in [0, 0.1) is 27.7 Å². The Morgan fingerprint density at radius 1 is 0.789 bits per heavy atom. The molecule has 98 valence electrons. The molecule has 0 fully saturated rings. The smallest absolute Gasteiger partial charge is 0.250 e. The van der Waals surface area contributed by atoms with Crippen LogP contribution < -0.4 is 9.83 Å². The van der Waals surface area contributed by atoms with Crippen LogP contribution in [0.25, 0.3) is 0 Å². The zero-order valence-electron chi connectivity index (χ0n) is 11.7. The summed E-state index contributed by atoms with van der Waals surface area (Å²) in [7, 11) is -1.85. The fraction of sp³-hybridized carbons (Fsp3) is 0.250. The van der Waals surface area contributed by atoms with Crippen molar-refractivity contribution in [3.05, 3.63) is 58.7 Å². The Kier molecular flexibility index (Phi) is 4.01. The molecule has 2 nitrogen and oxygen atoms in total. The molecule has 3 heteroatoms. The molecule has 2 rings (SSSR count). The molecule has 0 N–H and O–H groups in total. The minimum absolute atomic E-state index is 0.655. The van der Waals surface area contributed by atoms with Crippen LogP contribution in [0.4, 0.5) is 0 Å². The number of aryl methyl sites for hydroxylation is 4. The lowest BCUT2D eigenvalue weighted by atomic mass is 10.1. The number of benzene rings is 2. The topological polar surface area (TPSA) is 26.3 Å². The van der Waals surface area contributed by atoms with Crippen molar-refractivity contribution in [3.63, 3.8) is 0 Å². The molecule has 0 aliphatic rings. The van der Waals surface area contributed by atoms with E-state index < -0.39 is 8.03 Å². The van der Waals surface area contributed by atoms with E-state index in [0.717, 1.165) is 16.4 Å². The zero-order chi connectivity index (χ0) is 14.0. The van der Waals surface area contributed by atoms with Crippen LogP contribution in [0.1, 0.15) is 22.3 Å². The van der Waals surface area contributed by atoms with Gasteiger partial charge in [-0.1, -0.05) is 12.1 Å². The predicted octanol–water partition coefficient (Wildman–Crippen LogP) is 4.37. The summed E-state index contributed by atoms with van der Waals surface area (Å²) in [5.74, 6) is 0.655. The van der Waals surface area contributed by atoms with Gasteiger partial charge in [0.15, 0.2) is 5.75 Å². The van der Waals surface area contributed by atoms with Gasteiger partial charge in [-0.2, -0.15) is 0 Å². The predicted molar refractivity (Wildman–Crippen MR) is 79.7 cm³/mol. The molecule has 1 unspecified atom stereocenters. The van der Waals surface area contributed by atoms with Gasteiger partial charge in [0, 0.05) is 0 Å². The highest BCUT2D eigenvalue weighted by atomic mass is 31.1. The summed E-state index contributed by atoms with van der Waals surface area (Å²) in [6.07, 6.45) is 0. The molecule has 0 heterocycles. The Morgan fingerprint density at radius 2 is 1.37 bits per heavy atom. The Morgan fingerprint density at radius 3 is 1.95 bits per heavy atom. The Bertz CT molecular complexity index is 633. The first kappa shape index (κ1) is 13.8. The summed E-state index contributed by atoms with van der Waals surface area (Å²) in [4.78, 5) is 0. The normalized spacial score (nSPS) is 11.3. The van der Waals surface area contributed by atoms with Crippen LogP contribution in [-0.2, 0) is 4.57 Å². The molecular formula is C16H18O2P+. The second kappa shape index (κ2) is 5.54. The first-order valence-corrected chi connectivity index (χ1v) is 7.45. The summed E-state index contributed by atoms with van der Waals surface area (Å²) in [5.41, 5.74) is 4.66. The first-order valence-electron chi connectivity index (χ1n) is 6.27. The third-order valence-corrected chi connectivity index (χ3v) is 4.44. The number of hydrogen-bond acceptors (Lipinski definition) is 2. The highest BCUT2D eigenvalue weighted by Crippen LogP contribution is 2.28. The second-order valence-corrected chi connectivity index (χ2v) is 6.08. The van der Waals surface area contributed by atoms with Gasteiger partial charge in [-0.05, 0) is 78.8 Å². The van der Waals surface area contributed by atoms with E-state index in [2.05, 4.69) is 0 Å². The van der Waals surface area contributed by atoms with Crippen molar-refractivity contribution in [1.29, 1.82) is 0 Å². The van der Waals surface area contributed by atoms with Crippen molar-refractivity contribution >= 4 is 13.3 Å². The van der Waals surface area contributed by atoms with Crippen molar-refractivity contribution in [1.82, 2.24) is 0 Å². The van der Waals surface area contributed by atoms with Gasteiger partial charge >= 0.3 is 8.03 Å². The van der Waals surface area contributed by atoms with Crippen LogP contribution in [-0.4, -0.2) is 0 Å². The van der Waals surface area contributed by atoms with E-state index >= 15 is 0 Å². The maximum absolute atomic E-state index is 12.2. The zero-order valence-corrected chi connectivity index (χ0v) is 12.6. The van der Waals surface area contributed by atoms with Gasteiger partial charge in [-0.15, -0.1) is 0 Å². The Hall–Kier alpha value is -1.66. The van der Waals surface area contributed by atoms with Gasteiger partial charge in [-0.25, -0.2) is 0 Å². The lowest BCUT2D eigenvalue weighted by Crippen LogP contribution is -2.01. The minimum atomic E-state index is -1.85. The lowest BCUT2D eigenvalue weighted by molar-refractivity contribution is 0.514. The SMILES string of the molecule is Cc1ccc(O[P+](=O)c2ccc(C)c(C)c2)cc1C. The Balaban J connectivity index is 2.20. The summed E-state index contributed by atoms with van der Waals surface area (Å²) in [6.45, 7) is 8.11. The highest BCUT2D eigenvalue weighted by Gasteiger charge is 2.24. The van der Waals surface area contributed by atoms with Gasteiger partial charge in [0.1, 0.15) is 0 Å². The molecule has 0 aliphatic heterocycles. The maximum Gasteiger partial charge on any atom is 0.597 e. The molecule has 1 atom stereocenters. The van der Waals surface area contributed by atoms with Crippen LogP contribution in [0.15, 0.2) is 36.4 Å². The molecule has 0 bridgehead atoms. The van der Waals surface area contributed by atoms with Crippen molar-refractivity contribution in [2.45, 2.75) is 27.7 Å². The van der Waals surface area contributed by atoms with Crippen LogP contribution in [0.5, 0.6) is 5.75 Å². The van der Waals surface area contributed by atoms with E-state index in [1.165, 1.54) is 11.1 Å². The van der Waals surface area contributed by atoms with Crippen molar-refractivity contribution in [2.24, 2.45) is 0 Å². The van der Waals surface area contributed by atoms with Crippen LogP contribution in [0.3, 0.4) is 0 Å². The van der Waals surface area contributed by atoms with Crippen molar-refractivity contribution < 1.29 is 9.09 Å². The van der Waals surface area contributed by atoms with E-state index in [4.69, 9.17) is 4.52 Å². The van der Waals surface area contributed by atoms with E-state index in [9.17, 15) is 4.57 Å². The molecule has 2 aromatic carbocycles. The summed E-state index contributed by atoms with van der Waals surface area (Å²) in [6, 6.07) is 11.5. The number of hydrogen-bond donors (Lipinski definition) is 0. The van der Waals surface area contributed by atoms with Crippen molar-refractivity contribution in [2.75, 3.05) is 0 Å². The van der Waals surface area contributed by atoms with E-state index in [-0.39, 0.29) is 0 Å². The maximum atomic E-state index is 12.2. The monoisotopic (exact) mass is 273 g/mol. The van der Waals surface area contributed by atoms with Gasteiger partial charge in [0.25, 0.3) is 0 Å². The first-order chi connectivity index (χ1) is 8.97. The minimum Gasteiger partial charge on any atom is -0.250 e. The molecule has 0 amide bonds. The van der Waals surface area contributed by atoms with E-state index in [0.29, 0.717) is 5.75 Å². The fourth-order valence-corrected chi connectivity index (χ4v) is 2.66. The molecule has 19 heavy (non-hydrogen) atoms. The second-order valence-electron chi connectivity index (χ2n) is 4.86. The molecule has 0 spiro atoms. The highest BCUT2D eigenvalue weighted by molar-refractivity contribution is 7.48. The van der Waals surface area contributed by atoms with Crippen LogP contribution in [0.2, 0.25) is 0 Å². The summed E-state index contributed by atoms with van der Waals surface area (Å²) < 4.78 is 17.7. The summed E-state index contributed by atoms with van der Waals surface area (Å²) >= 11 is 0. The average molecular weight is 273 g/mol. The number of rotatable bonds is 3. The molecule has 0 saturated carbocycles. The third-order valence-electron chi connectivity index (χ3n) is 3.37. The standard InChI is InChI=1S/C16H18O2P/c1-11-5-7-15(9-13(11)3)18-19(17)16-8-6-12(2)14(4)10-16/h5-10H,1-4H3/q+1. The molecule has 0 aromatic heterocycles. The van der Waals surface area contributed by atoms with E-state index in [1.54, 1.807) is 0 Å².